The first-order valence-corrected chi connectivity index (χ1v) is 5.91. The molecule has 0 fully saturated rings. The molecule has 0 aliphatic carbocycles. The van der Waals surface area contributed by atoms with E-state index in [9.17, 15) is 5.11 Å². The fourth-order valence-electron chi connectivity index (χ4n) is 1.86. The van der Waals surface area contributed by atoms with Gasteiger partial charge in [0.2, 0.25) is 0 Å². The van der Waals surface area contributed by atoms with Crippen LogP contribution in [0.15, 0.2) is 54.6 Å². The summed E-state index contributed by atoms with van der Waals surface area (Å²) in [6, 6.07) is 18.6. The highest BCUT2D eigenvalue weighted by Gasteiger charge is 2.14. The van der Waals surface area contributed by atoms with E-state index >= 15 is 0 Å². The van der Waals surface area contributed by atoms with Gasteiger partial charge in [0.1, 0.15) is 0 Å². The molecule has 17 heavy (non-hydrogen) atoms. The molecule has 1 heteroatoms. The van der Waals surface area contributed by atoms with Crippen molar-refractivity contribution in [3.63, 3.8) is 0 Å². The molecule has 88 valence electrons. The first-order chi connectivity index (χ1) is 8.05. The molecule has 0 heterocycles. The standard InChI is InChI=1S/C16H18O/c1-16(2,17)15-10-8-14(9-11-15)12-13-6-4-3-5-7-13/h3-11,17H,12H2,1-2H3. The summed E-state index contributed by atoms with van der Waals surface area (Å²) in [5.74, 6) is 0. The van der Waals surface area contributed by atoms with Gasteiger partial charge in [-0.3, -0.25) is 0 Å². The molecule has 0 saturated carbocycles. The van der Waals surface area contributed by atoms with Gasteiger partial charge < -0.3 is 5.11 Å². The SMILES string of the molecule is CC(C)(O)c1ccc(Cc2ccccc2)cc1. The average Bonchev–Trinajstić information content (AvgIpc) is 2.30. The Bertz CT molecular complexity index is 463. The molecule has 0 radical (unpaired) electrons. The van der Waals surface area contributed by atoms with Crippen molar-refractivity contribution in [2.24, 2.45) is 0 Å². The summed E-state index contributed by atoms with van der Waals surface area (Å²) < 4.78 is 0. The summed E-state index contributed by atoms with van der Waals surface area (Å²) in [6.45, 7) is 3.61. The van der Waals surface area contributed by atoms with E-state index < -0.39 is 5.60 Å². The summed E-state index contributed by atoms with van der Waals surface area (Å²) in [4.78, 5) is 0. The van der Waals surface area contributed by atoms with Gasteiger partial charge in [-0.25, -0.2) is 0 Å². The van der Waals surface area contributed by atoms with Crippen molar-refractivity contribution in [3.05, 3.63) is 71.3 Å². The zero-order valence-corrected chi connectivity index (χ0v) is 10.4. The molecule has 0 amide bonds. The van der Waals surface area contributed by atoms with Gasteiger partial charge >= 0.3 is 0 Å². The van der Waals surface area contributed by atoms with E-state index in [1.165, 1.54) is 11.1 Å². The highest BCUT2D eigenvalue weighted by Crippen LogP contribution is 2.20. The maximum atomic E-state index is 9.87. The molecule has 0 aliphatic heterocycles. The van der Waals surface area contributed by atoms with E-state index in [2.05, 4.69) is 36.4 Å². The summed E-state index contributed by atoms with van der Waals surface area (Å²) in [5, 5.41) is 9.87. The van der Waals surface area contributed by atoms with Crippen LogP contribution in [0.1, 0.15) is 30.5 Å². The van der Waals surface area contributed by atoms with Crippen LogP contribution in [0.4, 0.5) is 0 Å². The Hall–Kier alpha value is -1.60. The second kappa shape index (κ2) is 4.72. The Kier molecular flexibility index (Phi) is 3.30. The highest BCUT2D eigenvalue weighted by molar-refractivity contribution is 5.30. The molecule has 0 aliphatic rings. The molecule has 0 atom stereocenters. The lowest BCUT2D eigenvalue weighted by atomic mass is 9.96. The van der Waals surface area contributed by atoms with Crippen LogP contribution in [0, 0.1) is 0 Å². The molecule has 1 N–H and O–H groups in total. The van der Waals surface area contributed by atoms with E-state index in [0.717, 1.165) is 12.0 Å². The zero-order valence-electron chi connectivity index (χ0n) is 10.4. The van der Waals surface area contributed by atoms with Crippen molar-refractivity contribution in [1.82, 2.24) is 0 Å². The Morgan fingerprint density at radius 2 is 1.35 bits per heavy atom. The molecular weight excluding hydrogens is 208 g/mol. The maximum Gasteiger partial charge on any atom is 0.0840 e. The first kappa shape index (κ1) is 11.9. The molecule has 0 saturated heterocycles. The first-order valence-electron chi connectivity index (χ1n) is 5.91. The molecule has 0 bridgehead atoms. The fraction of sp³-hybridized carbons (Fsp3) is 0.250. The number of rotatable bonds is 3. The van der Waals surface area contributed by atoms with Crippen LogP contribution in [-0.4, -0.2) is 5.11 Å². The predicted octanol–water partition coefficient (Wildman–Crippen LogP) is 3.50. The van der Waals surface area contributed by atoms with Crippen molar-refractivity contribution < 1.29 is 5.11 Å². The van der Waals surface area contributed by atoms with Crippen molar-refractivity contribution in [3.8, 4) is 0 Å². The van der Waals surface area contributed by atoms with E-state index in [1.807, 2.05) is 18.2 Å². The second-order valence-electron chi connectivity index (χ2n) is 4.92. The van der Waals surface area contributed by atoms with Crippen LogP contribution in [0.25, 0.3) is 0 Å². The normalized spacial score (nSPS) is 11.5. The fourth-order valence-corrected chi connectivity index (χ4v) is 1.86. The number of hydrogen-bond donors (Lipinski definition) is 1. The highest BCUT2D eigenvalue weighted by atomic mass is 16.3. The van der Waals surface area contributed by atoms with Gasteiger partial charge in [0, 0.05) is 0 Å². The van der Waals surface area contributed by atoms with Crippen LogP contribution in [-0.2, 0) is 12.0 Å². The Morgan fingerprint density at radius 3 is 1.88 bits per heavy atom. The van der Waals surface area contributed by atoms with Gasteiger partial charge in [0.05, 0.1) is 5.60 Å². The Labute approximate surface area is 103 Å². The number of hydrogen-bond acceptors (Lipinski definition) is 1. The van der Waals surface area contributed by atoms with Crippen molar-refractivity contribution in [1.29, 1.82) is 0 Å². The summed E-state index contributed by atoms with van der Waals surface area (Å²) in [5.41, 5.74) is 2.77. The van der Waals surface area contributed by atoms with Crippen molar-refractivity contribution >= 4 is 0 Å². The van der Waals surface area contributed by atoms with Gasteiger partial charge in [-0.05, 0) is 37.0 Å². The monoisotopic (exact) mass is 226 g/mol. The van der Waals surface area contributed by atoms with Gasteiger partial charge in [-0.2, -0.15) is 0 Å². The van der Waals surface area contributed by atoms with Crippen LogP contribution in [0.2, 0.25) is 0 Å². The Morgan fingerprint density at radius 1 is 0.824 bits per heavy atom. The summed E-state index contributed by atoms with van der Waals surface area (Å²) >= 11 is 0. The number of aliphatic hydroxyl groups is 1. The van der Waals surface area contributed by atoms with Crippen molar-refractivity contribution in [2.75, 3.05) is 0 Å². The third kappa shape index (κ3) is 3.18. The minimum Gasteiger partial charge on any atom is -0.386 e. The van der Waals surface area contributed by atoms with E-state index in [0.29, 0.717) is 0 Å². The lowest BCUT2D eigenvalue weighted by Crippen LogP contribution is -2.15. The molecule has 2 rings (SSSR count). The van der Waals surface area contributed by atoms with Crippen molar-refractivity contribution in [2.45, 2.75) is 25.9 Å². The summed E-state index contributed by atoms with van der Waals surface area (Å²) in [7, 11) is 0. The van der Waals surface area contributed by atoms with Crippen LogP contribution in [0.5, 0.6) is 0 Å². The molecule has 2 aromatic rings. The van der Waals surface area contributed by atoms with Crippen LogP contribution in [0.3, 0.4) is 0 Å². The average molecular weight is 226 g/mol. The third-order valence-corrected chi connectivity index (χ3v) is 2.91. The molecule has 2 aromatic carbocycles. The quantitative estimate of drug-likeness (QED) is 0.849. The van der Waals surface area contributed by atoms with E-state index in [4.69, 9.17) is 0 Å². The minimum atomic E-state index is -0.759. The van der Waals surface area contributed by atoms with Gasteiger partial charge in [0.15, 0.2) is 0 Å². The van der Waals surface area contributed by atoms with Crippen LogP contribution < -0.4 is 0 Å². The van der Waals surface area contributed by atoms with Gasteiger partial charge in [0.25, 0.3) is 0 Å². The molecule has 0 aromatic heterocycles. The molecule has 0 unspecified atom stereocenters. The van der Waals surface area contributed by atoms with Gasteiger partial charge in [-0.1, -0.05) is 54.6 Å². The molecular formula is C16H18O. The van der Waals surface area contributed by atoms with E-state index in [1.54, 1.807) is 13.8 Å². The summed E-state index contributed by atoms with van der Waals surface area (Å²) in [6.07, 6.45) is 0.937. The smallest absolute Gasteiger partial charge is 0.0840 e. The van der Waals surface area contributed by atoms with Gasteiger partial charge in [-0.15, -0.1) is 0 Å². The third-order valence-electron chi connectivity index (χ3n) is 2.91. The minimum absolute atomic E-state index is 0.759. The lowest BCUT2D eigenvalue weighted by Gasteiger charge is -2.17. The molecule has 1 nitrogen and oxygen atoms in total. The largest absolute Gasteiger partial charge is 0.386 e. The number of benzene rings is 2. The Balaban J connectivity index is 2.14. The second-order valence-corrected chi connectivity index (χ2v) is 4.92. The topological polar surface area (TPSA) is 20.2 Å². The maximum absolute atomic E-state index is 9.87. The van der Waals surface area contributed by atoms with Crippen LogP contribution >= 0.6 is 0 Å². The zero-order chi connectivity index (χ0) is 12.3. The lowest BCUT2D eigenvalue weighted by molar-refractivity contribution is 0.0786. The molecule has 0 spiro atoms. The predicted molar refractivity (Wildman–Crippen MR) is 70.9 cm³/mol. The van der Waals surface area contributed by atoms with E-state index in [-0.39, 0.29) is 0 Å².